The number of thioether (sulfide) groups is 1. The SMILES string of the molecule is NC(CSCc1nnc(-c2ccco2)o1)C(=O)O. The lowest BCUT2D eigenvalue weighted by atomic mass is 10.4. The predicted octanol–water partition coefficient (Wildman–Crippen LogP) is 0.975. The van der Waals surface area contributed by atoms with Crippen molar-refractivity contribution in [3.05, 3.63) is 24.3 Å². The van der Waals surface area contributed by atoms with Gasteiger partial charge in [-0.3, -0.25) is 4.79 Å². The first-order chi connectivity index (χ1) is 8.66. The average Bonchev–Trinajstić information content (AvgIpc) is 2.98. The van der Waals surface area contributed by atoms with Crippen LogP contribution in [-0.4, -0.2) is 33.1 Å². The zero-order valence-electron chi connectivity index (χ0n) is 9.28. The molecule has 7 nitrogen and oxygen atoms in total. The fourth-order valence-electron chi connectivity index (χ4n) is 1.16. The normalized spacial score (nSPS) is 12.5. The largest absolute Gasteiger partial charge is 0.480 e. The fraction of sp³-hybridized carbons (Fsp3) is 0.300. The maximum absolute atomic E-state index is 10.5. The molecule has 2 aromatic heterocycles. The second-order valence-corrected chi connectivity index (χ2v) is 4.47. The molecule has 0 fully saturated rings. The van der Waals surface area contributed by atoms with Crippen LogP contribution in [0.3, 0.4) is 0 Å². The molecular weight excluding hydrogens is 258 g/mol. The molecule has 1 unspecified atom stereocenters. The van der Waals surface area contributed by atoms with E-state index in [1.807, 2.05) is 0 Å². The Kier molecular flexibility index (Phi) is 4.00. The van der Waals surface area contributed by atoms with Gasteiger partial charge >= 0.3 is 5.97 Å². The smallest absolute Gasteiger partial charge is 0.321 e. The fourth-order valence-corrected chi connectivity index (χ4v) is 1.96. The van der Waals surface area contributed by atoms with Crippen LogP contribution in [0.2, 0.25) is 0 Å². The van der Waals surface area contributed by atoms with Gasteiger partial charge in [0.1, 0.15) is 6.04 Å². The summed E-state index contributed by atoms with van der Waals surface area (Å²) < 4.78 is 10.5. The van der Waals surface area contributed by atoms with Gasteiger partial charge in [-0.2, -0.15) is 0 Å². The zero-order valence-corrected chi connectivity index (χ0v) is 10.1. The number of hydrogen-bond acceptors (Lipinski definition) is 7. The van der Waals surface area contributed by atoms with Crippen molar-refractivity contribution in [3.8, 4) is 11.7 Å². The molecule has 0 aromatic carbocycles. The van der Waals surface area contributed by atoms with E-state index in [0.29, 0.717) is 23.3 Å². The van der Waals surface area contributed by atoms with Crippen LogP contribution in [0.5, 0.6) is 0 Å². The first kappa shape index (κ1) is 12.7. The van der Waals surface area contributed by atoms with Gasteiger partial charge in [0, 0.05) is 5.75 Å². The highest BCUT2D eigenvalue weighted by Crippen LogP contribution is 2.20. The van der Waals surface area contributed by atoms with Gasteiger partial charge in [0.15, 0.2) is 5.76 Å². The van der Waals surface area contributed by atoms with E-state index in [1.165, 1.54) is 18.0 Å². The Bertz CT molecular complexity index is 511. The lowest BCUT2D eigenvalue weighted by molar-refractivity contribution is -0.137. The maximum Gasteiger partial charge on any atom is 0.321 e. The summed E-state index contributed by atoms with van der Waals surface area (Å²) in [5.74, 6) is 0.884. The van der Waals surface area contributed by atoms with Gasteiger partial charge in [0.2, 0.25) is 5.89 Å². The summed E-state index contributed by atoms with van der Waals surface area (Å²) >= 11 is 1.32. The van der Waals surface area contributed by atoms with E-state index >= 15 is 0 Å². The summed E-state index contributed by atoms with van der Waals surface area (Å²) in [6, 6.07) is 2.55. The summed E-state index contributed by atoms with van der Waals surface area (Å²) in [4.78, 5) is 10.5. The number of nitrogens with zero attached hydrogens (tertiary/aromatic N) is 2. The van der Waals surface area contributed by atoms with Crippen molar-refractivity contribution in [2.45, 2.75) is 11.8 Å². The number of hydrogen-bond donors (Lipinski definition) is 2. The van der Waals surface area contributed by atoms with Crippen molar-refractivity contribution in [2.24, 2.45) is 5.73 Å². The summed E-state index contributed by atoms with van der Waals surface area (Å²) in [6.45, 7) is 0. The van der Waals surface area contributed by atoms with Crippen molar-refractivity contribution in [3.63, 3.8) is 0 Å². The molecule has 2 heterocycles. The predicted molar refractivity (Wildman–Crippen MR) is 63.8 cm³/mol. The molecule has 2 rings (SSSR count). The van der Waals surface area contributed by atoms with Crippen LogP contribution in [0.15, 0.2) is 27.2 Å². The van der Waals surface area contributed by atoms with Crippen molar-refractivity contribution in [1.82, 2.24) is 10.2 Å². The molecule has 0 saturated carbocycles. The summed E-state index contributed by atoms with van der Waals surface area (Å²) in [5, 5.41) is 16.3. The quantitative estimate of drug-likeness (QED) is 0.797. The number of aromatic nitrogens is 2. The number of carboxylic acid groups (broad SMARTS) is 1. The number of carbonyl (C=O) groups is 1. The van der Waals surface area contributed by atoms with Gasteiger partial charge in [-0.1, -0.05) is 0 Å². The van der Waals surface area contributed by atoms with Crippen LogP contribution in [0.1, 0.15) is 5.89 Å². The van der Waals surface area contributed by atoms with Crippen molar-refractivity contribution >= 4 is 17.7 Å². The molecular formula is C10H11N3O4S. The van der Waals surface area contributed by atoms with Gasteiger partial charge in [-0.25, -0.2) is 0 Å². The summed E-state index contributed by atoms with van der Waals surface area (Å²) in [5.41, 5.74) is 5.36. The molecule has 96 valence electrons. The highest BCUT2D eigenvalue weighted by Gasteiger charge is 2.14. The van der Waals surface area contributed by atoms with E-state index in [9.17, 15) is 4.79 Å². The molecule has 0 saturated heterocycles. The van der Waals surface area contributed by atoms with Crippen molar-refractivity contribution < 1.29 is 18.7 Å². The number of nitrogens with two attached hydrogens (primary N) is 1. The van der Waals surface area contributed by atoms with Crippen LogP contribution in [-0.2, 0) is 10.5 Å². The van der Waals surface area contributed by atoms with E-state index < -0.39 is 12.0 Å². The minimum atomic E-state index is -1.02. The number of rotatable bonds is 6. The van der Waals surface area contributed by atoms with E-state index in [1.54, 1.807) is 12.1 Å². The molecule has 8 heteroatoms. The second-order valence-electron chi connectivity index (χ2n) is 3.44. The highest BCUT2D eigenvalue weighted by atomic mass is 32.2. The Labute approximate surface area is 106 Å². The molecule has 0 radical (unpaired) electrons. The molecule has 18 heavy (non-hydrogen) atoms. The molecule has 0 spiro atoms. The van der Waals surface area contributed by atoms with Crippen LogP contribution in [0.25, 0.3) is 11.7 Å². The topological polar surface area (TPSA) is 115 Å². The monoisotopic (exact) mass is 269 g/mol. The minimum Gasteiger partial charge on any atom is -0.480 e. The molecule has 3 N–H and O–H groups in total. The van der Waals surface area contributed by atoms with E-state index in [4.69, 9.17) is 19.7 Å². The Morgan fingerprint density at radius 3 is 3.06 bits per heavy atom. The third-order valence-corrected chi connectivity index (χ3v) is 3.08. The minimum absolute atomic E-state index is 0.286. The van der Waals surface area contributed by atoms with Gasteiger partial charge in [0.25, 0.3) is 5.89 Å². The van der Waals surface area contributed by atoms with Crippen LogP contribution in [0, 0.1) is 0 Å². The number of aliphatic carboxylic acids is 1. The summed E-state index contributed by atoms with van der Waals surface area (Å²) in [6.07, 6.45) is 1.51. The van der Waals surface area contributed by atoms with Crippen LogP contribution >= 0.6 is 11.8 Å². The second kappa shape index (κ2) is 5.69. The molecule has 0 amide bonds. The zero-order chi connectivity index (χ0) is 13.0. The Balaban J connectivity index is 1.86. The standard InChI is InChI=1S/C10H11N3O4S/c11-6(10(14)15)4-18-5-8-12-13-9(17-8)7-2-1-3-16-7/h1-3,6H,4-5,11H2,(H,14,15). The average molecular weight is 269 g/mol. The summed E-state index contributed by atoms with van der Waals surface area (Å²) in [7, 11) is 0. The Morgan fingerprint density at radius 1 is 1.56 bits per heavy atom. The lowest BCUT2D eigenvalue weighted by Gasteiger charge is -2.03. The lowest BCUT2D eigenvalue weighted by Crippen LogP contribution is -2.32. The third kappa shape index (κ3) is 3.11. The molecule has 0 bridgehead atoms. The van der Waals surface area contributed by atoms with Crippen LogP contribution < -0.4 is 5.73 Å². The van der Waals surface area contributed by atoms with Crippen molar-refractivity contribution in [2.75, 3.05) is 5.75 Å². The number of carboxylic acids is 1. The third-order valence-electron chi connectivity index (χ3n) is 2.04. The Hall–Kier alpha value is -1.80. The molecule has 1 atom stereocenters. The van der Waals surface area contributed by atoms with Gasteiger partial charge < -0.3 is 19.7 Å². The van der Waals surface area contributed by atoms with Crippen LogP contribution in [0.4, 0.5) is 0 Å². The van der Waals surface area contributed by atoms with Gasteiger partial charge in [0.05, 0.1) is 12.0 Å². The van der Waals surface area contributed by atoms with Crippen molar-refractivity contribution in [1.29, 1.82) is 0 Å². The Morgan fingerprint density at radius 2 is 2.39 bits per heavy atom. The van der Waals surface area contributed by atoms with E-state index in [2.05, 4.69) is 10.2 Å². The van der Waals surface area contributed by atoms with Gasteiger partial charge in [-0.15, -0.1) is 22.0 Å². The first-order valence-corrected chi connectivity index (χ1v) is 6.24. The maximum atomic E-state index is 10.5. The highest BCUT2D eigenvalue weighted by molar-refractivity contribution is 7.98. The molecule has 0 aliphatic rings. The first-order valence-electron chi connectivity index (χ1n) is 5.09. The molecule has 0 aliphatic carbocycles. The van der Waals surface area contributed by atoms with E-state index in [-0.39, 0.29) is 5.75 Å². The molecule has 0 aliphatic heterocycles. The number of furan rings is 1. The van der Waals surface area contributed by atoms with Gasteiger partial charge in [-0.05, 0) is 12.1 Å². The molecule has 2 aromatic rings. The van der Waals surface area contributed by atoms with E-state index in [0.717, 1.165) is 0 Å².